The zero-order valence-electron chi connectivity index (χ0n) is 26.0. The molecule has 0 fully saturated rings. The highest BCUT2D eigenvalue weighted by Gasteiger charge is 2.24. The minimum atomic E-state index is -3.72. The first-order valence-electron chi connectivity index (χ1n) is 14.7. The van der Waals surface area contributed by atoms with Crippen LogP contribution in [0.25, 0.3) is 44.2 Å². The molecular weight excluding hydrogens is 639 g/mol. The second-order valence-electron chi connectivity index (χ2n) is 11.4. The molecule has 0 saturated carbocycles. The molecule has 0 aliphatic carbocycles. The Morgan fingerprint density at radius 3 is 2.17 bits per heavy atom. The first-order chi connectivity index (χ1) is 22.0. The summed E-state index contributed by atoms with van der Waals surface area (Å²) < 4.78 is 55.6. The molecule has 6 aromatic rings. The molecule has 0 radical (unpaired) electrons. The third kappa shape index (κ3) is 6.01. The van der Waals surface area contributed by atoms with E-state index in [1.54, 1.807) is 37.7 Å². The Morgan fingerprint density at radius 2 is 1.50 bits per heavy atom. The molecule has 0 bridgehead atoms. The number of fused-ring (bicyclic) bond motifs is 3. The lowest BCUT2D eigenvalue weighted by Crippen LogP contribution is -2.30. The molecule has 0 saturated heterocycles. The highest BCUT2D eigenvalue weighted by Crippen LogP contribution is 2.42. The minimum Gasteiger partial charge on any atom is -0.339 e. The lowest BCUT2D eigenvalue weighted by Gasteiger charge is -2.21. The smallest absolute Gasteiger partial charge is 0.273 e. The van der Waals surface area contributed by atoms with Crippen molar-refractivity contribution in [3.05, 3.63) is 96.5 Å². The van der Waals surface area contributed by atoms with Crippen molar-refractivity contribution in [2.24, 2.45) is 0 Å². The number of aromatic amines is 1. The Labute approximate surface area is 273 Å². The van der Waals surface area contributed by atoms with Gasteiger partial charge in [-0.3, -0.25) is 8.61 Å². The summed E-state index contributed by atoms with van der Waals surface area (Å²) >= 11 is 1.18. The summed E-state index contributed by atoms with van der Waals surface area (Å²) in [4.78, 5) is 10.2. The average Bonchev–Trinajstić information content (AvgIpc) is 3.73. The summed E-state index contributed by atoms with van der Waals surface area (Å²) in [6.07, 6.45) is 2.37. The molecule has 0 atom stereocenters. The number of sulfonamides is 2. The first kappa shape index (κ1) is 31.7. The summed E-state index contributed by atoms with van der Waals surface area (Å²) in [5, 5.41) is 3.46. The molecule has 6 rings (SSSR count). The van der Waals surface area contributed by atoms with E-state index in [1.807, 2.05) is 91.9 Å². The SMILES string of the molecule is CN(C)CCCS(=O)(=O)N(C)c1ccc(-c2cnc3[nH]c4ccc(N(C)S(=O)(=O)c5cccs5)cc4c3c2-c2ccccc2)cc1. The summed E-state index contributed by atoms with van der Waals surface area (Å²) in [5.74, 6) is 0.0640. The fourth-order valence-corrected chi connectivity index (χ4v) is 9.12. The van der Waals surface area contributed by atoms with Crippen LogP contribution in [-0.2, 0) is 20.0 Å². The van der Waals surface area contributed by atoms with E-state index in [-0.39, 0.29) is 9.96 Å². The average molecular weight is 674 g/mol. The molecule has 0 unspecified atom stereocenters. The lowest BCUT2D eigenvalue weighted by molar-refractivity contribution is 0.408. The summed E-state index contributed by atoms with van der Waals surface area (Å²) in [6.45, 7) is 0.694. The van der Waals surface area contributed by atoms with Crippen LogP contribution in [0.2, 0.25) is 0 Å². The largest absolute Gasteiger partial charge is 0.339 e. The summed E-state index contributed by atoms with van der Waals surface area (Å²) in [6, 6.07) is 26.3. The molecule has 238 valence electrons. The van der Waals surface area contributed by atoms with E-state index in [4.69, 9.17) is 4.98 Å². The van der Waals surface area contributed by atoms with Gasteiger partial charge in [0.2, 0.25) is 10.0 Å². The van der Waals surface area contributed by atoms with Crippen LogP contribution in [0.3, 0.4) is 0 Å². The number of nitrogens with one attached hydrogen (secondary N) is 1. The van der Waals surface area contributed by atoms with Gasteiger partial charge in [-0.15, -0.1) is 11.3 Å². The van der Waals surface area contributed by atoms with E-state index >= 15 is 0 Å². The zero-order chi connectivity index (χ0) is 32.6. The number of nitrogens with zero attached hydrogens (tertiary/aromatic N) is 4. The maximum Gasteiger partial charge on any atom is 0.273 e. The van der Waals surface area contributed by atoms with E-state index < -0.39 is 20.0 Å². The Balaban J connectivity index is 1.45. The van der Waals surface area contributed by atoms with E-state index in [2.05, 4.69) is 4.98 Å². The van der Waals surface area contributed by atoms with Gasteiger partial charge in [-0.1, -0.05) is 48.5 Å². The predicted octanol–water partition coefficient (Wildman–Crippen LogP) is 6.65. The zero-order valence-corrected chi connectivity index (χ0v) is 28.5. The molecular formula is C34H35N5O4S3. The Kier molecular flexibility index (Phi) is 8.64. The van der Waals surface area contributed by atoms with Crippen molar-refractivity contribution in [3.63, 3.8) is 0 Å². The number of H-pyrrole nitrogens is 1. The van der Waals surface area contributed by atoms with Gasteiger partial charge in [-0.2, -0.15) is 0 Å². The van der Waals surface area contributed by atoms with Gasteiger partial charge in [0.25, 0.3) is 10.0 Å². The topological polar surface area (TPSA) is 107 Å². The number of pyridine rings is 1. The van der Waals surface area contributed by atoms with Crippen LogP contribution in [0.5, 0.6) is 0 Å². The molecule has 0 spiro atoms. The number of hydrogen-bond donors (Lipinski definition) is 1. The van der Waals surface area contributed by atoms with Crippen LogP contribution in [0.4, 0.5) is 11.4 Å². The maximum absolute atomic E-state index is 13.3. The van der Waals surface area contributed by atoms with Gasteiger partial charge in [-0.25, -0.2) is 21.8 Å². The maximum atomic E-state index is 13.3. The predicted molar refractivity (Wildman–Crippen MR) is 190 cm³/mol. The number of rotatable bonds is 11. The van der Waals surface area contributed by atoms with Crippen molar-refractivity contribution in [2.75, 3.05) is 49.1 Å². The molecule has 12 heteroatoms. The number of hydrogen-bond acceptors (Lipinski definition) is 7. The van der Waals surface area contributed by atoms with Crippen molar-refractivity contribution in [1.29, 1.82) is 0 Å². The molecule has 0 aliphatic rings. The van der Waals surface area contributed by atoms with Gasteiger partial charge in [0.15, 0.2) is 0 Å². The van der Waals surface area contributed by atoms with Crippen molar-refractivity contribution in [1.82, 2.24) is 14.9 Å². The molecule has 0 amide bonds. The van der Waals surface area contributed by atoms with Crippen LogP contribution in [0.1, 0.15) is 6.42 Å². The molecule has 9 nitrogen and oxygen atoms in total. The molecule has 0 aliphatic heterocycles. The lowest BCUT2D eigenvalue weighted by atomic mass is 9.92. The molecule has 1 N–H and O–H groups in total. The summed E-state index contributed by atoms with van der Waals surface area (Å²) in [7, 11) is -0.195. The van der Waals surface area contributed by atoms with Crippen molar-refractivity contribution in [3.8, 4) is 22.3 Å². The fraction of sp³-hybridized carbons (Fsp3) is 0.206. The number of thiophene rings is 1. The minimum absolute atomic E-state index is 0.0640. The van der Waals surface area contributed by atoms with Crippen LogP contribution < -0.4 is 8.61 Å². The molecule has 3 aromatic carbocycles. The van der Waals surface area contributed by atoms with Gasteiger partial charge >= 0.3 is 0 Å². The van der Waals surface area contributed by atoms with Gasteiger partial charge in [0.1, 0.15) is 9.86 Å². The van der Waals surface area contributed by atoms with Crippen LogP contribution >= 0.6 is 11.3 Å². The number of aromatic nitrogens is 2. The van der Waals surface area contributed by atoms with Crippen LogP contribution in [-0.4, -0.2) is 72.2 Å². The molecule has 46 heavy (non-hydrogen) atoms. The van der Waals surface area contributed by atoms with E-state index in [0.29, 0.717) is 30.0 Å². The van der Waals surface area contributed by atoms with E-state index in [1.165, 1.54) is 19.9 Å². The molecule has 3 heterocycles. The van der Waals surface area contributed by atoms with Crippen LogP contribution in [0.15, 0.2) is 101 Å². The first-order valence-corrected chi connectivity index (χ1v) is 18.6. The highest BCUT2D eigenvalue weighted by molar-refractivity contribution is 7.94. The standard InChI is InChI=1S/C34H35N5O4S3/c1-37(2)19-9-21-45(40,41)38(3)26-15-13-24(14-16-26)29-23-35-34-33(32(29)25-10-6-5-7-11-25)28-22-27(17-18-30(28)36-34)39(4)46(42,43)31-12-8-20-44-31/h5-8,10-18,20,22-23H,9,19,21H2,1-4H3,(H,35,36). The van der Waals surface area contributed by atoms with Crippen molar-refractivity contribution < 1.29 is 16.8 Å². The summed E-state index contributed by atoms with van der Waals surface area (Å²) in [5.41, 5.74) is 6.28. The number of benzene rings is 3. The third-order valence-electron chi connectivity index (χ3n) is 8.11. The quantitative estimate of drug-likeness (QED) is 0.165. The monoisotopic (exact) mass is 673 g/mol. The van der Waals surface area contributed by atoms with Crippen LogP contribution in [0, 0.1) is 0 Å². The second kappa shape index (κ2) is 12.5. The van der Waals surface area contributed by atoms with Gasteiger partial charge in [0.05, 0.1) is 17.1 Å². The Bertz CT molecular complexity index is 2210. The Hall–Kier alpha value is -4.23. The van der Waals surface area contributed by atoms with Gasteiger partial charge in [-0.05, 0) is 80.0 Å². The van der Waals surface area contributed by atoms with Crippen molar-refractivity contribution in [2.45, 2.75) is 10.6 Å². The highest BCUT2D eigenvalue weighted by atomic mass is 32.2. The number of anilines is 2. The van der Waals surface area contributed by atoms with Crippen molar-refractivity contribution >= 4 is 64.7 Å². The normalized spacial score (nSPS) is 12.3. The van der Waals surface area contributed by atoms with E-state index in [9.17, 15) is 16.8 Å². The fourth-order valence-electron chi connectivity index (χ4n) is 5.56. The van der Waals surface area contributed by atoms with Gasteiger partial charge in [0, 0.05) is 47.7 Å². The third-order valence-corrected chi connectivity index (χ3v) is 13.1. The second-order valence-corrected chi connectivity index (χ2v) is 16.6. The van der Waals surface area contributed by atoms with Gasteiger partial charge < -0.3 is 9.88 Å². The molecule has 3 aromatic heterocycles. The van der Waals surface area contributed by atoms with E-state index in [0.717, 1.165) is 38.5 Å². The Morgan fingerprint density at radius 1 is 0.783 bits per heavy atom.